The number of sulfonamides is 1. The maximum Gasteiger partial charge on any atom is 0.335 e. The molecule has 0 amide bonds. The molecule has 8 heteroatoms. The van der Waals surface area contributed by atoms with Crippen LogP contribution in [0.15, 0.2) is 17.0 Å². The first-order valence-electron chi connectivity index (χ1n) is 5.91. The summed E-state index contributed by atoms with van der Waals surface area (Å²) < 4.78 is 52.7. The van der Waals surface area contributed by atoms with Crippen molar-refractivity contribution in [1.29, 1.82) is 0 Å². The second-order valence-corrected chi connectivity index (χ2v) is 6.18. The number of aromatic carboxylic acids is 1. The van der Waals surface area contributed by atoms with Crippen LogP contribution >= 0.6 is 0 Å². The minimum absolute atomic E-state index is 0.0142. The lowest BCUT2D eigenvalue weighted by Gasteiger charge is -2.12. The van der Waals surface area contributed by atoms with Crippen LogP contribution in [0, 0.1) is 17.6 Å². The molecule has 0 aliphatic carbocycles. The average molecular weight is 307 g/mol. The second kappa shape index (κ2) is 6.27. The number of carboxylic acid groups (broad SMARTS) is 1. The van der Waals surface area contributed by atoms with Crippen molar-refractivity contribution in [3.63, 3.8) is 0 Å². The Morgan fingerprint density at radius 2 is 2.00 bits per heavy atom. The molecule has 1 unspecified atom stereocenters. The molecule has 0 fully saturated rings. The van der Waals surface area contributed by atoms with Crippen LogP contribution in [0.3, 0.4) is 0 Å². The van der Waals surface area contributed by atoms with Gasteiger partial charge in [0.1, 0.15) is 4.90 Å². The summed E-state index contributed by atoms with van der Waals surface area (Å²) in [4.78, 5) is 9.75. The van der Waals surface area contributed by atoms with E-state index in [1.165, 1.54) is 0 Å². The van der Waals surface area contributed by atoms with Crippen LogP contribution in [0.25, 0.3) is 0 Å². The van der Waals surface area contributed by atoms with Crippen LogP contribution in [-0.2, 0) is 10.0 Å². The first-order valence-corrected chi connectivity index (χ1v) is 7.39. The molecular formula is C12H15F2NO4S. The zero-order valence-corrected chi connectivity index (χ0v) is 11.8. The minimum Gasteiger partial charge on any atom is -0.478 e. The predicted molar refractivity (Wildman–Crippen MR) is 68.0 cm³/mol. The molecule has 112 valence electrons. The van der Waals surface area contributed by atoms with Crippen molar-refractivity contribution in [3.05, 3.63) is 29.3 Å². The number of carboxylic acids is 1. The van der Waals surface area contributed by atoms with Gasteiger partial charge in [-0.25, -0.2) is 26.7 Å². The third-order valence-corrected chi connectivity index (χ3v) is 4.27. The molecule has 0 spiro atoms. The molecule has 20 heavy (non-hydrogen) atoms. The van der Waals surface area contributed by atoms with Gasteiger partial charge < -0.3 is 5.11 Å². The first-order chi connectivity index (χ1) is 9.19. The fourth-order valence-corrected chi connectivity index (χ4v) is 2.63. The van der Waals surface area contributed by atoms with Gasteiger partial charge in [0.25, 0.3) is 0 Å². The molecule has 0 saturated heterocycles. The van der Waals surface area contributed by atoms with E-state index < -0.39 is 38.1 Å². The van der Waals surface area contributed by atoms with E-state index in [4.69, 9.17) is 5.11 Å². The van der Waals surface area contributed by atoms with Crippen LogP contribution in [0.5, 0.6) is 0 Å². The van der Waals surface area contributed by atoms with E-state index in [1.54, 1.807) is 6.92 Å². The highest BCUT2D eigenvalue weighted by Gasteiger charge is 2.24. The van der Waals surface area contributed by atoms with Gasteiger partial charge >= 0.3 is 5.97 Å². The second-order valence-electron chi connectivity index (χ2n) is 4.44. The lowest BCUT2D eigenvalue weighted by molar-refractivity contribution is 0.0696. The Balaban J connectivity index is 3.20. The summed E-state index contributed by atoms with van der Waals surface area (Å²) in [5.74, 6) is -4.64. The van der Waals surface area contributed by atoms with Crippen molar-refractivity contribution in [2.24, 2.45) is 5.92 Å². The summed E-state index contributed by atoms with van der Waals surface area (Å²) in [6, 6.07) is 1.03. The van der Waals surface area contributed by atoms with Gasteiger partial charge in [0.05, 0.1) is 5.56 Å². The van der Waals surface area contributed by atoms with E-state index in [2.05, 4.69) is 4.72 Å². The molecule has 0 heterocycles. The van der Waals surface area contributed by atoms with E-state index >= 15 is 0 Å². The summed E-state index contributed by atoms with van der Waals surface area (Å²) >= 11 is 0. The van der Waals surface area contributed by atoms with Crippen molar-refractivity contribution in [2.45, 2.75) is 25.2 Å². The van der Waals surface area contributed by atoms with E-state index in [-0.39, 0.29) is 12.5 Å². The molecule has 0 aliphatic heterocycles. The van der Waals surface area contributed by atoms with Crippen LogP contribution in [-0.4, -0.2) is 26.0 Å². The SMILES string of the molecule is CCC(C)CNS(=O)(=O)c1cc(C(=O)O)cc(F)c1F. The van der Waals surface area contributed by atoms with Crippen molar-refractivity contribution in [1.82, 2.24) is 4.72 Å². The van der Waals surface area contributed by atoms with Gasteiger partial charge in [0.2, 0.25) is 10.0 Å². The van der Waals surface area contributed by atoms with E-state index in [0.29, 0.717) is 18.6 Å². The van der Waals surface area contributed by atoms with Gasteiger partial charge in [-0.1, -0.05) is 20.3 Å². The summed E-state index contributed by atoms with van der Waals surface area (Å²) in [6.45, 7) is 3.69. The fraction of sp³-hybridized carbons (Fsp3) is 0.417. The lowest BCUT2D eigenvalue weighted by Crippen LogP contribution is -2.29. The highest BCUT2D eigenvalue weighted by atomic mass is 32.2. The van der Waals surface area contributed by atoms with Gasteiger partial charge in [-0.05, 0) is 18.1 Å². The lowest BCUT2D eigenvalue weighted by atomic mass is 10.1. The molecule has 2 N–H and O–H groups in total. The van der Waals surface area contributed by atoms with Gasteiger partial charge in [0.15, 0.2) is 11.6 Å². The summed E-state index contributed by atoms with van der Waals surface area (Å²) in [5.41, 5.74) is -0.632. The van der Waals surface area contributed by atoms with Crippen LogP contribution in [0.4, 0.5) is 8.78 Å². The Morgan fingerprint density at radius 3 is 2.50 bits per heavy atom. The van der Waals surface area contributed by atoms with Crippen molar-refractivity contribution >= 4 is 16.0 Å². The zero-order valence-electron chi connectivity index (χ0n) is 11.0. The molecule has 1 aromatic rings. The van der Waals surface area contributed by atoms with Crippen molar-refractivity contribution in [2.75, 3.05) is 6.54 Å². The maximum absolute atomic E-state index is 13.6. The third kappa shape index (κ3) is 3.73. The van der Waals surface area contributed by atoms with Crippen LogP contribution in [0.1, 0.15) is 30.6 Å². The fourth-order valence-electron chi connectivity index (χ4n) is 1.36. The number of halogens is 2. The smallest absolute Gasteiger partial charge is 0.335 e. The predicted octanol–water partition coefficient (Wildman–Crippen LogP) is 1.99. The van der Waals surface area contributed by atoms with Crippen LogP contribution < -0.4 is 4.72 Å². The van der Waals surface area contributed by atoms with Gasteiger partial charge in [0, 0.05) is 6.54 Å². The van der Waals surface area contributed by atoms with E-state index in [1.807, 2.05) is 6.92 Å². The molecule has 0 bridgehead atoms. The van der Waals surface area contributed by atoms with Gasteiger partial charge in [-0.3, -0.25) is 0 Å². The Bertz CT molecular complexity index is 616. The molecule has 0 saturated carbocycles. The highest BCUT2D eigenvalue weighted by Crippen LogP contribution is 2.20. The van der Waals surface area contributed by atoms with Crippen molar-refractivity contribution in [3.8, 4) is 0 Å². The number of nitrogens with one attached hydrogen (secondary N) is 1. The Morgan fingerprint density at radius 1 is 1.40 bits per heavy atom. The summed E-state index contributed by atoms with van der Waals surface area (Å²) in [5, 5.41) is 8.74. The Kier molecular flexibility index (Phi) is 5.18. The average Bonchev–Trinajstić information content (AvgIpc) is 2.38. The zero-order chi connectivity index (χ0) is 15.5. The molecule has 5 nitrogen and oxygen atoms in total. The number of rotatable bonds is 6. The Labute approximate surface area is 115 Å². The molecule has 0 radical (unpaired) electrons. The topological polar surface area (TPSA) is 83.5 Å². The van der Waals surface area contributed by atoms with Gasteiger partial charge in [-0.15, -0.1) is 0 Å². The third-order valence-electron chi connectivity index (χ3n) is 2.85. The Hall–Kier alpha value is -1.54. The van der Waals surface area contributed by atoms with Gasteiger partial charge in [-0.2, -0.15) is 0 Å². The summed E-state index contributed by atoms with van der Waals surface area (Å²) in [6.07, 6.45) is 0.703. The molecule has 1 rings (SSSR count). The number of hydrogen-bond donors (Lipinski definition) is 2. The van der Waals surface area contributed by atoms with Crippen molar-refractivity contribution < 1.29 is 27.1 Å². The number of benzene rings is 1. The first kappa shape index (κ1) is 16.5. The summed E-state index contributed by atoms with van der Waals surface area (Å²) in [7, 11) is -4.30. The van der Waals surface area contributed by atoms with Crippen LogP contribution in [0.2, 0.25) is 0 Å². The minimum atomic E-state index is -4.30. The monoisotopic (exact) mass is 307 g/mol. The normalized spacial score (nSPS) is 13.2. The van der Waals surface area contributed by atoms with E-state index in [0.717, 1.165) is 0 Å². The molecule has 0 aromatic heterocycles. The number of hydrogen-bond acceptors (Lipinski definition) is 3. The maximum atomic E-state index is 13.6. The standard InChI is InChI=1S/C12H15F2NO4S/c1-3-7(2)6-15-20(18,19)10-5-8(12(16)17)4-9(13)11(10)14/h4-5,7,15H,3,6H2,1-2H3,(H,16,17). The molecule has 0 aliphatic rings. The molecular weight excluding hydrogens is 292 g/mol. The quantitative estimate of drug-likeness (QED) is 0.842. The highest BCUT2D eigenvalue weighted by molar-refractivity contribution is 7.89. The molecule has 1 aromatic carbocycles. The molecule has 1 atom stereocenters. The number of carbonyl (C=O) groups is 1. The van der Waals surface area contributed by atoms with E-state index in [9.17, 15) is 22.0 Å². The largest absolute Gasteiger partial charge is 0.478 e.